The summed E-state index contributed by atoms with van der Waals surface area (Å²) in [5.41, 5.74) is 0. The van der Waals surface area contributed by atoms with Gasteiger partial charge in [-0.25, -0.2) is 0 Å². The van der Waals surface area contributed by atoms with Gasteiger partial charge in [0.25, 0.3) is 0 Å². The second-order valence-corrected chi connectivity index (χ2v) is 6.21. The van der Waals surface area contributed by atoms with Crippen LogP contribution in [0.5, 0.6) is 0 Å². The van der Waals surface area contributed by atoms with Crippen molar-refractivity contribution in [2.45, 2.75) is 85.0 Å². The van der Waals surface area contributed by atoms with Crippen molar-refractivity contribution in [1.82, 2.24) is 5.32 Å². The van der Waals surface area contributed by atoms with Crippen LogP contribution in [0.4, 0.5) is 0 Å². The van der Waals surface area contributed by atoms with Crippen molar-refractivity contribution in [2.24, 2.45) is 5.92 Å². The molecule has 0 radical (unpaired) electrons. The lowest BCUT2D eigenvalue weighted by molar-refractivity contribution is -0.121. The van der Waals surface area contributed by atoms with Crippen molar-refractivity contribution < 1.29 is 9.59 Å². The average molecular weight is 283 g/mol. The number of carbonyl (C=O) groups is 2. The fourth-order valence-electron chi connectivity index (χ4n) is 2.19. The Morgan fingerprint density at radius 1 is 0.850 bits per heavy atom. The molecule has 0 aromatic carbocycles. The Kier molecular flexibility index (Phi) is 12.6. The molecule has 1 N–H and O–H groups in total. The largest absolute Gasteiger partial charge is 0.356 e. The maximum absolute atomic E-state index is 11.5. The van der Waals surface area contributed by atoms with E-state index in [1.54, 1.807) is 6.92 Å². The molecule has 0 heterocycles. The van der Waals surface area contributed by atoms with Crippen LogP contribution in [0, 0.1) is 5.92 Å². The summed E-state index contributed by atoms with van der Waals surface area (Å²) in [6.07, 6.45) is 10.3. The molecular weight excluding hydrogens is 250 g/mol. The molecule has 118 valence electrons. The monoisotopic (exact) mass is 283 g/mol. The van der Waals surface area contributed by atoms with E-state index < -0.39 is 0 Å². The van der Waals surface area contributed by atoms with E-state index in [1.807, 2.05) is 0 Å². The molecule has 3 nitrogen and oxygen atoms in total. The first-order valence-electron chi connectivity index (χ1n) is 8.28. The second kappa shape index (κ2) is 13.1. The molecule has 0 aliphatic heterocycles. The molecule has 0 aromatic heterocycles. The summed E-state index contributed by atoms with van der Waals surface area (Å²) >= 11 is 0. The van der Waals surface area contributed by atoms with Crippen molar-refractivity contribution in [2.75, 3.05) is 6.54 Å². The van der Waals surface area contributed by atoms with Gasteiger partial charge in [-0.05, 0) is 38.5 Å². The Balaban J connectivity index is 3.21. The van der Waals surface area contributed by atoms with E-state index in [1.165, 1.54) is 19.3 Å². The van der Waals surface area contributed by atoms with Crippen LogP contribution in [0.15, 0.2) is 0 Å². The van der Waals surface area contributed by atoms with Gasteiger partial charge in [0, 0.05) is 19.4 Å². The molecule has 0 atom stereocenters. The molecule has 0 rings (SSSR count). The first-order valence-corrected chi connectivity index (χ1v) is 8.28. The standard InChI is InChI=1S/C17H33NO2/c1-15(2)11-10-14-18-17(20)13-9-7-5-4-6-8-12-16(3)19/h15H,4-14H2,1-3H3,(H,18,20). The molecule has 0 aliphatic rings. The molecule has 0 bridgehead atoms. The number of nitrogens with one attached hydrogen (secondary N) is 1. The quantitative estimate of drug-likeness (QED) is 0.514. The highest BCUT2D eigenvalue weighted by atomic mass is 16.1. The van der Waals surface area contributed by atoms with E-state index >= 15 is 0 Å². The summed E-state index contributed by atoms with van der Waals surface area (Å²) in [4.78, 5) is 22.3. The van der Waals surface area contributed by atoms with Crippen molar-refractivity contribution >= 4 is 11.7 Å². The highest BCUT2D eigenvalue weighted by Crippen LogP contribution is 2.09. The Morgan fingerprint density at radius 3 is 1.95 bits per heavy atom. The Hall–Kier alpha value is -0.860. The van der Waals surface area contributed by atoms with Gasteiger partial charge in [0.05, 0.1) is 0 Å². The first-order chi connectivity index (χ1) is 9.52. The van der Waals surface area contributed by atoms with Crippen LogP contribution in [-0.2, 0) is 9.59 Å². The zero-order chi connectivity index (χ0) is 15.2. The number of unbranched alkanes of at least 4 members (excludes halogenated alkanes) is 5. The van der Waals surface area contributed by atoms with Crippen LogP contribution in [0.1, 0.15) is 85.0 Å². The number of ketones is 1. The predicted octanol–water partition coefficient (Wildman–Crippen LogP) is 4.25. The van der Waals surface area contributed by atoms with Gasteiger partial charge in [-0.1, -0.05) is 39.5 Å². The topological polar surface area (TPSA) is 46.2 Å². The van der Waals surface area contributed by atoms with Crippen molar-refractivity contribution in [3.05, 3.63) is 0 Å². The normalized spacial score (nSPS) is 10.8. The maximum Gasteiger partial charge on any atom is 0.219 e. The van der Waals surface area contributed by atoms with Gasteiger partial charge >= 0.3 is 0 Å². The Morgan fingerprint density at radius 2 is 1.40 bits per heavy atom. The molecule has 1 amide bonds. The average Bonchev–Trinajstić information content (AvgIpc) is 2.37. The van der Waals surface area contributed by atoms with Gasteiger partial charge in [0.1, 0.15) is 5.78 Å². The molecule has 0 spiro atoms. The molecular formula is C17H33NO2. The number of Topliss-reactive ketones (excluding diaryl/α,β-unsaturated/α-hetero) is 1. The van der Waals surface area contributed by atoms with Gasteiger partial charge in [-0.15, -0.1) is 0 Å². The molecule has 0 unspecified atom stereocenters. The number of hydrogen-bond acceptors (Lipinski definition) is 2. The SMILES string of the molecule is CC(=O)CCCCCCCCC(=O)NCCCC(C)C. The van der Waals surface area contributed by atoms with Crippen LogP contribution in [0.25, 0.3) is 0 Å². The van der Waals surface area contributed by atoms with Crippen LogP contribution in [-0.4, -0.2) is 18.2 Å². The zero-order valence-electron chi connectivity index (χ0n) is 13.7. The second-order valence-electron chi connectivity index (χ2n) is 6.21. The zero-order valence-corrected chi connectivity index (χ0v) is 13.7. The Bertz CT molecular complexity index is 262. The maximum atomic E-state index is 11.5. The third kappa shape index (κ3) is 15.2. The molecule has 0 fully saturated rings. The van der Waals surface area contributed by atoms with Gasteiger partial charge in [-0.2, -0.15) is 0 Å². The molecule has 0 saturated carbocycles. The summed E-state index contributed by atoms with van der Waals surface area (Å²) in [5, 5.41) is 2.99. The van der Waals surface area contributed by atoms with Crippen LogP contribution in [0.2, 0.25) is 0 Å². The summed E-state index contributed by atoms with van der Waals surface area (Å²) in [6, 6.07) is 0. The summed E-state index contributed by atoms with van der Waals surface area (Å²) in [6.45, 7) is 6.89. The lowest BCUT2D eigenvalue weighted by atomic mass is 10.1. The van der Waals surface area contributed by atoms with E-state index in [-0.39, 0.29) is 5.91 Å². The van der Waals surface area contributed by atoms with Crippen LogP contribution < -0.4 is 5.32 Å². The number of amides is 1. The van der Waals surface area contributed by atoms with E-state index in [0.29, 0.717) is 12.2 Å². The van der Waals surface area contributed by atoms with Gasteiger partial charge in [0.2, 0.25) is 5.91 Å². The van der Waals surface area contributed by atoms with Crippen molar-refractivity contribution in [3.8, 4) is 0 Å². The molecule has 0 aliphatic carbocycles. The summed E-state index contributed by atoms with van der Waals surface area (Å²) in [7, 11) is 0. The minimum atomic E-state index is 0.199. The van der Waals surface area contributed by atoms with E-state index in [0.717, 1.165) is 51.0 Å². The van der Waals surface area contributed by atoms with Crippen molar-refractivity contribution in [1.29, 1.82) is 0 Å². The van der Waals surface area contributed by atoms with Crippen LogP contribution in [0.3, 0.4) is 0 Å². The summed E-state index contributed by atoms with van der Waals surface area (Å²) in [5.74, 6) is 1.21. The third-order valence-corrected chi connectivity index (χ3v) is 3.46. The fourth-order valence-corrected chi connectivity index (χ4v) is 2.19. The van der Waals surface area contributed by atoms with Gasteiger partial charge in [-0.3, -0.25) is 4.79 Å². The highest BCUT2D eigenvalue weighted by Gasteiger charge is 2.01. The van der Waals surface area contributed by atoms with Crippen molar-refractivity contribution in [3.63, 3.8) is 0 Å². The molecule has 0 saturated heterocycles. The fraction of sp³-hybridized carbons (Fsp3) is 0.882. The molecule has 20 heavy (non-hydrogen) atoms. The molecule has 0 aromatic rings. The number of hydrogen-bond donors (Lipinski definition) is 1. The third-order valence-electron chi connectivity index (χ3n) is 3.46. The van der Waals surface area contributed by atoms with E-state index in [9.17, 15) is 9.59 Å². The predicted molar refractivity (Wildman–Crippen MR) is 84.7 cm³/mol. The smallest absolute Gasteiger partial charge is 0.219 e. The van der Waals surface area contributed by atoms with Gasteiger partial charge < -0.3 is 10.1 Å². The molecule has 3 heteroatoms. The van der Waals surface area contributed by atoms with E-state index in [4.69, 9.17) is 0 Å². The van der Waals surface area contributed by atoms with Crippen LogP contribution >= 0.6 is 0 Å². The first kappa shape index (κ1) is 19.1. The number of carbonyl (C=O) groups excluding carboxylic acids is 2. The highest BCUT2D eigenvalue weighted by molar-refractivity contribution is 5.75. The lowest BCUT2D eigenvalue weighted by Gasteiger charge is -2.06. The minimum Gasteiger partial charge on any atom is -0.356 e. The number of rotatable bonds is 13. The lowest BCUT2D eigenvalue weighted by Crippen LogP contribution is -2.24. The Labute approximate surface area is 124 Å². The summed E-state index contributed by atoms with van der Waals surface area (Å²) < 4.78 is 0. The van der Waals surface area contributed by atoms with E-state index in [2.05, 4.69) is 19.2 Å². The van der Waals surface area contributed by atoms with Gasteiger partial charge in [0.15, 0.2) is 0 Å². The minimum absolute atomic E-state index is 0.199.